The number of hydrazone groups is 1. The number of rotatable bonds is 7. The Balaban J connectivity index is 1.96. The third kappa shape index (κ3) is 5.34. The molecule has 2 aromatic rings. The number of ether oxygens (including phenoxy) is 1. The molecular formula is C19H21N3O4. The van der Waals surface area contributed by atoms with Crippen LogP contribution in [0.15, 0.2) is 47.6 Å². The molecule has 26 heavy (non-hydrogen) atoms. The maximum Gasteiger partial charge on any atom is 0.271 e. The van der Waals surface area contributed by atoms with Crippen molar-refractivity contribution in [1.29, 1.82) is 0 Å². The average molecular weight is 355 g/mol. The first kappa shape index (κ1) is 19.0. The molecule has 3 N–H and O–H groups in total. The highest BCUT2D eigenvalue weighted by Crippen LogP contribution is 2.21. The van der Waals surface area contributed by atoms with Gasteiger partial charge in [-0.1, -0.05) is 6.92 Å². The number of benzene rings is 2. The van der Waals surface area contributed by atoms with Crippen LogP contribution < -0.4 is 15.5 Å². The van der Waals surface area contributed by atoms with Crippen LogP contribution in [0.1, 0.15) is 35.7 Å². The van der Waals surface area contributed by atoms with Crippen LogP contribution in [0.25, 0.3) is 0 Å². The lowest BCUT2D eigenvalue weighted by Crippen LogP contribution is -2.17. The molecule has 0 aliphatic rings. The summed E-state index contributed by atoms with van der Waals surface area (Å²) in [7, 11) is 1.52. The van der Waals surface area contributed by atoms with E-state index in [0.29, 0.717) is 29.0 Å². The fourth-order valence-electron chi connectivity index (χ4n) is 2.14. The Labute approximate surface area is 151 Å². The van der Waals surface area contributed by atoms with Gasteiger partial charge in [0.05, 0.1) is 13.3 Å². The number of phenols is 1. The maximum absolute atomic E-state index is 12.1. The quantitative estimate of drug-likeness (QED) is 0.525. The molecule has 7 nitrogen and oxygen atoms in total. The fourth-order valence-corrected chi connectivity index (χ4v) is 2.14. The van der Waals surface area contributed by atoms with Crippen molar-refractivity contribution in [3.63, 3.8) is 0 Å². The Hall–Kier alpha value is -3.35. The van der Waals surface area contributed by atoms with Crippen molar-refractivity contribution in [2.24, 2.45) is 5.10 Å². The number of aromatic hydroxyl groups is 1. The summed E-state index contributed by atoms with van der Waals surface area (Å²) in [5.74, 6) is 0.120. The second kappa shape index (κ2) is 9.22. The van der Waals surface area contributed by atoms with Crippen LogP contribution in [0, 0.1) is 0 Å². The van der Waals surface area contributed by atoms with Crippen molar-refractivity contribution in [3.05, 3.63) is 53.6 Å². The molecular weight excluding hydrogens is 334 g/mol. The molecule has 0 spiro atoms. The molecule has 0 aromatic heterocycles. The van der Waals surface area contributed by atoms with E-state index in [1.165, 1.54) is 19.4 Å². The van der Waals surface area contributed by atoms with Gasteiger partial charge in [0.25, 0.3) is 5.91 Å². The van der Waals surface area contributed by atoms with E-state index in [1.807, 2.05) is 6.92 Å². The maximum atomic E-state index is 12.1. The van der Waals surface area contributed by atoms with Crippen LogP contribution in [0.5, 0.6) is 11.5 Å². The molecule has 2 aromatic carbocycles. The highest BCUT2D eigenvalue weighted by atomic mass is 16.5. The summed E-state index contributed by atoms with van der Waals surface area (Å²) >= 11 is 0. The summed E-state index contributed by atoms with van der Waals surface area (Å²) in [5.41, 5.74) is 3.82. The van der Waals surface area contributed by atoms with Crippen LogP contribution in [0.3, 0.4) is 0 Å². The number of amides is 2. The monoisotopic (exact) mass is 355 g/mol. The molecule has 136 valence electrons. The van der Waals surface area contributed by atoms with E-state index >= 15 is 0 Å². The Bertz CT molecular complexity index is 801. The largest absolute Gasteiger partial charge is 0.507 e. The van der Waals surface area contributed by atoms with E-state index < -0.39 is 5.91 Å². The standard InChI is InChI=1S/C19H21N3O4/c1-3-4-18(24)21-15-7-5-13(6-8-15)19(25)22-20-12-14-11-16(26-2)9-10-17(14)23/h5-12,23H,3-4H2,1-2H3,(H,21,24)(H,22,25). The summed E-state index contributed by atoms with van der Waals surface area (Å²) in [6, 6.07) is 11.2. The van der Waals surface area contributed by atoms with E-state index in [1.54, 1.807) is 36.4 Å². The van der Waals surface area contributed by atoms with Gasteiger partial charge in [-0.3, -0.25) is 9.59 Å². The van der Waals surface area contributed by atoms with E-state index in [4.69, 9.17) is 4.74 Å². The summed E-state index contributed by atoms with van der Waals surface area (Å²) in [4.78, 5) is 23.6. The predicted octanol–water partition coefficient (Wildman–Crippen LogP) is 2.90. The zero-order valence-corrected chi connectivity index (χ0v) is 14.7. The van der Waals surface area contributed by atoms with Gasteiger partial charge in [-0.2, -0.15) is 5.10 Å². The molecule has 7 heteroatoms. The van der Waals surface area contributed by atoms with Gasteiger partial charge in [-0.05, 0) is 48.9 Å². The Morgan fingerprint density at radius 2 is 1.92 bits per heavy atom. The predicted molar refractivity (Wildman–Crippen MR) is 99.7 cm³/mol. The van der Waals surface area contributed by atoms with Crippen molar-refractivity contribution in [2.45, 2.75) is 19.8 Å². The second-order valence-corrected chi connectivity index (χ2v) is 5.50. The van der Waals surface area contributed by atoms with Crippen LogP contribution in [-0.2, 0) is 4.79 Å². The normalized spacial score (nSPS) is 10.5. The minimum absolute atomic E-state index is 0.0240. The first-order valence-electron chi connectivity index (χ1n) is 8.13. The summed E-state index contributed by atoms with van der Waals surface area (Å²) in [6.45, 7) is 1.93. The minimum Gasteiger partial charge on any atom is -0.507 e. The second-order valence-electron chi connectivity index (χ2n) is 5.50. The van der Waals surface area contributed by atoms with Gasteiger partial charge >= 0.3 is 0 Å². The van der Waals surface area contributed by atoms with Crippen molar-refractivity contribution in [1.82, 2.24) is 5.43 Å². The average Bonchev–Trinajstić information content (AvgIpc) is 2.64. The Morgan fingerprint density at radius 3 is 2.58 bits per heavy atom. The molecule has 2 amide bonds. The SMILES string of the molecule is CCCC(=O)Nc1ccc(C(=O)NN=Cc2cc(OC)ccc2O)cc1. The highest BCUT2D eigenvalue weighted by molar-refractivity contribution is 5.96. The molecule has 2 rings (SSSR count). The first-order valence-corrected chi connectivity index (χ1v) is 8.13. The van der Waals surface area contributed by atoms with Gasteiger partial charge in [0, 0.05) is 23.2 Å². The zero-order chi connectivity index (χ0) is 18.9. The molecule has 0 fully saturated rings. The third-order valence-corrected chi connectivity index (χ3v) is 3.51. The molecule has 0 saturated carbocycles. The van der Waals surface area contributed by atoms with Crippen molar-refractivity contribution in [3.8, 4) is 11.5 Å². The van der Waals surface area contributed by atoms with Gasteiger partial charge < -0.3 is 15.2 Å². The molecule has 0 atom stereocenters. The van der Waals surface area contributed by atoms with Crippen LogP contribution in [-0.4, -0.2) is 30.2 Å². The Kier molecular flexibility index (Phi) is 6.73. The Morgan fingerprint density at radius 1 is 1.19 bits per heavy atom. The topological polar surface area (TPSA) is 100 Å². The number of phenolic OH excluding ortho intramolecular Hbond substituents is 1. The van der Waals surface area contributed by atoms with Crippen LogP contribution in [0.4, 0.5) is 5.69 Å². The van der Waals surface area contributed by atoms with E-state index in [-0.39, 0.29) is 11.7 Å². The summed E-state index contributed by atoms with van der Waals surface area (Å²) in [6.07, 6.45) is 2.55. The van der Waals surface area contributed by atoms with E-state index in [9.17, 15) is 14.7 Å². The molecule has 0 bridgehead atoms. The summed E-state index contributed by atoms with van der Waals surface area (Å²) in [5, 5.41) is 16.3. The lowest BCUT2D eigenvalue weighted by atomic mass is 10.2. The fraction of sp³-hybridized carbons (Fsp3) is 0.211. The van der Waals surface area contributed by atoms with E-state index in [0.717, 1.165) is 6.42 Å². The molecule has 0 aliphatic heterocycles. The van der Waals surface area contributed by atoms with Crippen molar-refractivity contribution in [2.75, 3.05) is 12.4 Å². The number of carbonyl (C=O) groups excluding carboxylic acids is 2. The number of nitrogens with zero attached hydrogens (tertiary/aromatic N) is 1. The van der Waals surface area contributed by atoms with Gasteiger partial charge in [-0.15, -0.1) is 0 Å². The van der Waals surface area contributed by atoms with Gasteiger partial charge in [0.2, 0.25) is 5.91 Å². The minimum atomic E-state index is -0.407. The molecule has 0 saturated heterocycles. The van der Waals surface area contributed by atoms with Crippen molar-refractivity contribution < 1.29 is 19.4 Å². The number of carbonyl (C=O) groups is 2. The van der Waals surface area contributed by atoms with Crippen LogP contribution in [0.2, 0.25) is 0 Å². The number of methoxy groups -OCH3 is 1. The number of anilines is 1. The van der Waals surface area contributed by atoms with Gasteiger partial charge in [0.1, 0.15) is 11.5 Å². The lowest BCUT2D eigenvalue weighted by Gasteiger charge is -2.05. The molecule has 0 radical (unpaired) electrons. The number of hydrogen-bond acceptors (Lipinski definition) is 5. The first-order chi connectivity index (χ1) is 12.5. The van der Waals surface area contributed by atoms with Gasteiger partial charge in [-0.25, -0.2) is 5.43 Å². The lowest BCUT2D eigenvalue weighted by molar-refractivity contribution is -0.116. The van der Waals surface area contributed by atoms with Crippen molar-refractivity contribution >= 4 is 23.7 Å². The number of nitrogens with one attached hydrogen (secondary N) is 2. The zero-order valence-electron chi connectivity index (χ0n) is 14.7. The van der Waals surface area contributed by atoms with E-state index in [2.05, 4.69) is 15.8 Å². The molecule has 0 aliphatic carbocycles. The molecule has 0 unspecified atom stereocenters. The third-order valence-electron chi connectivity index (χ3n) is 3.51. The summed E-state index contributed by atoms with van der Waals surface area (Å²) < 4.78 is 5.07. The molecule has 0 heterocycles. The van der Waals surface area contributed by atoms with Crippen LogP contribution >= 0.6 is 0 Å². The highest BCUT2D eigenvalue weighted by Gasteiger charge is 2.06. The van der Waals surface area contributed by atoms with Gasteiger partial charge in [0.15, 0.2) is 0 Å². The number of hydrogen-bond donors (Lipinski definition) is 3. The smallest absolute Gasteiger partial charge is 0.271 e.